The molecular formula is C60H54N2. The highest BCUT2D eigenvalue weighted by atomic mass is 15.1. The van der Waals surface area contributed by atoms with Gasteiger partial charge in [0.2, 0.25) is 0 Å². The SMILES string of the molecule is CC(C)(C)c1ccc(N(C2=CCC(c3ccccc3)C=C2)c2ccc(-c3ccc4c(c3)c3c(n4-c4ccc5c(c4)C(C)(C)c4ccccc4-5)-c4ccccc4C3(C)C)cc2)cc1. The molecule has 1 aromatic heterocycles. The normalized spacial score (nSPS) is 16.7. The first-order valence-corrected chi connectivity index (χ1v) is 22.4. The van der Waals surface area contributed by atoms with Gasteiger partial charge in [-0.15, -0.1) is 0 Å². The molecule has 7 aromatic carbocycles. The lowest BCUT2D eigenvalue weighted by atomic mass is 9.81. The second-order valence-electron chi connectivity index (χ2n) is 19.8. The summed E-state index contributed by atoms with van der Waals surface area (Å²) in [6.45, 7) is 16.4. The third-order valence-electron chi connectivity index (χ3n) is 14.3. The maximum absolute atomic E-state index is 2.56. The summed E-state index contributed by atoms with van der Waals surface area (Å²) in [5, 5.41) is 1.32. The highest BCUT2D eigenvalue weighted by molar-refractivity contribution is 6.01. The van der Waals surface area contributed by atoms with Crippen LogP contribution in [0.1, 0.15) is 94.2 Å². The lowest BCUT2D eigenvalue weighted by Gasteiger charge is -2.30. The maximum Gasteiger partial charge on any atom is 0.0585 e. The minimum absolute atomic E-state index is 0.0789. The standard InChI is InChI=1S/C60H54N2/c1-58(2,3)43-26-32-46(33-27-43)61(44-28-21-40(22-29-44)39-15-9-8-10-16-39)45-30-23-41(24-31-45)42-25-36-55-51(37-42)56-57(50-18-12-14-20-53(50)60(56,6)7)62(55)47-34-35-49-48-17-11-13-19-52(48)59(4,5)54(49)38-47/h8-21,23-38,40H,22H2,1-7H3. The number of fused-ring (bicyclic) bond motifs is 8. The van der Waals surface area contributed by atoms with Crippen molar-refractivity contribution in [1.29, 1.82) is 0 Å². The summed E-state index contributed by atoms with van der Waals surface area (Å²) in [6.07, 6.45) is 8.05. The second-order valence-corrected chi connectivity index (χ2v) is 19.8. The van der Waals surface area contributed by atoms with E-state index in [1.807, 2.05) is 0 Å². The van der Waals surface area contributed by atoms with E-state index in [9.17, 15) is 0 Å². The van der Waals surface area contributed by atoms with Crippen LogP contribution in [-0.4, -0.2) is 4.57 Å². The maximum atomic E-state index is 2.56. The number of anilines is 2. The molecule has 0 fully saturated rings. The molecule has 11 rings (SSSR count). The molecule has 0 saturated carbocycles. The molecular weight excluding hydrogens is 749 g/mol. The first-order chi connectivity index (χ1) is 29.9. The molecule has 0 aliphatic heterocycles. The van der Waals surface area contributed by atoms with Gasteiger partial charge in [0.1, 0.15) is 0 Å². The highest BCUT2D eigenvalue weighted by Gasteiger charge is 2.41. The molecule has 2 heteroatoms. The third-order valence-corrected chi connectivity index (χ3v) is 14.3. The lowest BCUT2D eigenvalue weighted by molar-refractivity contribution is 0.590. The van der Waals surface area contributed by atoms with E-state index in [0.717, 1.165) is 12.1 Å². The van der Waals surface area contributed by atoms with Gasteiger partial charge in [-0.2, -0.15) is 0 Å². The first kappa shape index (κ1) is 38.3. The zero-order valence-corrected chi connectivity index (χ0v) is 37.0. The number of benzene rings is 7. The monoisotopic (exact) mass is 802 g/mol. The molecule has 1 atom stereocenters. The predicted molar refractivity (Wildman–Crippen MR) is 262 cm³/mol. The Morgan fingerprint density at radius 1 is 0.565 bits per heavy atom. The van der Waals surface area contributed by atoms with Gasteiger partial charge in [-0.1, -0.05) is 176 Å². The van der Waals surface area contributed by atoms with Crippen molar-refractivity contribution in [3.8, 4) is 39.2 Å². The molecule has 1 unspecified atom stereocenters. The predicted octanol–water partition coefficient (Wildman–Crippen LogP) is 16.0. The molecule has 0 spiro atoms. The molecule has 304 valence electrons. The van der Waals surface area contributed by atoms with Crippen molar-refractivity contribution in [2.45, 2.75) is 77.0 Å². The summed E-state index contributed by atoms with van der Waals surface area (Å²) in [5.41, 5.74) is 21.9. The van der Waals surface area contributed by atoms with Gasteiger partial charge in [0.25, 0.3) is 0 Å². The van der Waals surface area contributed by atoms with E-state index in [2.05, 4.69) is 240 Å². The van der Waals surface area contributed by atoms with Crippen molar-refractivity contribution in [2.24, 2.45) is 0 Å². The minimum Gasteiger partial charge on any atom is -0.311 e. The summed E-state index contributed by atoms with van der Waals surface area (Å²) >= 11 is 0. The van der Waals surface area contributed by atoms with Crippen molar-refractivity contribution < 1.29 is 0 Å². The van der Waals surface area contributed by atoms with Crippen LogP contribution in [0.5, 0.6) is 0 Å². The van der Waals surface area contributed by atoms with Crippen molar-refractivity contribution in [1.82, 2.24) is 4.57 Å². The van der Waals surface area contributed by atoms with Crippen molar-refractivity contribution >= 4 is 22.3 Å². The Kier molecular flexibility index (Phi) is 8.61. The topological polar surface area (TPSA) is 8.17 Å². The van der Waals surface area contributed by atoms with Crippen LogP contribution in [0.25, 0.3) is 50.1 Å². The first-order valence-electron chi connectivity index (χ1n) is 22.4. The molecule has 1 heterocycles. The largest absolute Gasteiger partial charge is 0.311 e. The molecule has 0 N–H and O–H groups in total. The average Bonchev–Trinajstić information content (AvgIpc) is 3.85. The Morgan fingerprint density at radius 3 is 1.85 bits per heavy atom. The Labute approximate surface area is 367 Å². The molecule has 2 nitrogen and oxygen atoms in total. The molecule has 8 aromatic rings. The van der Waals surface area contributed by atoms with Gasteiger partial charge in [0, 0.05) is 50.5 Å². The quantitative estimate of drug-likeness (QED) is 0.163. The van der Waals surface area contributed by atoms with Gasteiger partial charge < -0.3 is 9.47 Å². The third kappa shape index (κ3) is 5.91. The fourth-order valence-electron chi connectivity index (χ4n) is 10.9. The number of allylic oxidation sites excluding steroid dienone is 3. The van der Waals surface area contributed by atoms with E-state index in [1.54, 1.807) is 0 Å². The molecule has 0 radical (unpaired) electrons. The van der Waals surface area contributed by atoms with E-state index in [4.69, 9.17) is 0 Å². The molecule has 0 amide bonds. The fourth-order valence-corrected chi connectivity index (χ4v) is 10.9. The van der Waals surface area contributed by atoms with Crippen LogP contribution in [0.4, 0.5) is 11.4 Å². The number of rotatable bonds is 6. The van der Waals surface area contributed by atoms with Crippen molar-refractivity contribution in [2.75, 3.05) is 4.90 Å². The summed E-state index contributed by atoms with van der Waals surface area (Å²) in [5.74, 6) is 0.378. The van der Waals surface area contributed by atoms with Gasteiger partial charge in [-0.05, 0) is 122 Å². The number of aromatic nitrogens is 1. The Hall–Kier alpha value is -6.64. The Bertz CT molecular complexity index is 3110. The lowest BCUT2D eigenvalue weighted by Crippen LogP contribution is -2.18. The van der Waals surface area contributed by atoms with Crippen LogP contribution < -0.4 is 4.90 Å². The van der Waals surface area contributed by atoms with Crippen LogP contribution >= 0.6 is 0 Å². The Balaban J connectivity index is 1.01. The zero-order chi connectivity index (χ0) is 42.5. The number of hydrogen-bond acceptors (Lipinski definition) is 1. The van der Waals surface area contributed by atoms with Crippen molar-refractivity contribution in [3.63, 3.8) is 0 Å². The van der Waals surface area contributed by atoms with Gasteiger partial charge in [0.15, 0.2) is 0 Å². The summed E-state index contributed by atoms with van der Waals surface area (Å²) in [4.78, 5) is 2.42. The smallest absolute Gasteiger partial charge is 0.0585 e. The van der Waals surface area contributed by atoms with Gasteiger partial charge >= 0.3 is 0 Å². The van der Waals surface area contributed by atoms with Gasteiger partial charge in [-0.3, -0.25) is 0 Å². The van der Waals surface area contributed by atoms with Crippen LogP contribution in [0.2, 0.25) is 0 Å². The zero-order valence-electron chi connectivity index (χ0n) is 37.0. The van der Waals surface area contributed by atoms with Crippen LogP contribution in [0.3, 0.4) is 0 Å². The molecule has 0 bridgehead atoms. The van der Waals surface area contributed by atoms with Crippen LogP contribution in [0.15, 0.2) is 188 Å². The van der Waals surface area contributed by atoms with E-state index < -0.39 is 0 Å². The summed E-state index contributed by atoms with van der Waals surface area (Å²) < 4.78 is 2.56. The Morgan fingerprint density at radius 2 is 1.18 bits per heavy atom. The van der Waals surface area contributed by atoms with Crippen LogP contribution in [-0.2, 0) is 16.2 Å². The van der Waals surface area contributed by atoms with E-state index in [1.165, 1.54) is 94.9 Å². The van der Waals surface area contributed by atoms with E-state index in [-0.39, 0.29) is 16.2 Å². The highest BCUT2D eigenvalue weighted by Crippen LogP contribution is 2.55. The van der Waals surface area contributed by atoms with Crippen LogP contribution in [0, 0.1) is 0 Å². The molecule has 3 aliphatic carbocycles. The number of nitrogens with zero attached hydrogens (tertiary/aromatic N) is 2. The summed E-state index contributed by atoms with van der Waals surface area (Å²) in [7, 11) is 0. The molecule has 0 saturated heterocycles. The molecule has 62 heavy (non-hydrogen) atoms. The average molecular weight is 803 g/mol. The second kappa shape index (κ2) is 13.9. The summed E-state index contributed by atoms with van der Waals surface area (Å²) in [6, 6.07) is 61.5. The number of hydrogen-bond donors (Lipinski definition) is 0. The molecule has 3 aliphatic rings. The van der Waals surface area contributed by atoms with Gasteiger partial charge in [-0.25, -0.2) is 0 Å². The fraction of sp³-hybridized carbons (Fsp3) is 0.200. The van der Waals surface area contributed by atoms with Crippen molar-refractivity contribution in [3.05, 3.63) is 221 Å². The van der Waals surface area contributed by atoms with Gasteiger partial charge in [0.05, 0.1) is 11.2 Å². The van der Waals surface area contributed by atoms with E-state index in [0.29, 0.717) is 5.92 Å². The minimum atomic E-state index is -0.159. The van der Waals surface area contributed by atoms with E-state index >= 15 is 0 Å².